The van der Waals surface area contributed by atoms with Crippen molar-refractivity contribution in [2.45, 2.75) is 34.2 Å². The summed E-state index contributed by atoms with van der Waals surface area (Å²) in [6.45, 7) is 9.14. The van der Waals surface area contributed by atoms with E-state index in [-0.39, 0.29) is 12.4 Å². The molecule has 6 nitrogen and oxygen atoms in total. The molecule has 0 unspecified atom stereocenters. The summed E-state index contributed by atoms with van der Waals surface area (Å²) in [6.07, 6.45) is -0.530. The Morgan fingerprint density at radius 3 is 2.26 bits per heavy atom. The van der Waals surface area contributed by atoms with Crippen molar-refractivity contribution in [3.05, 3.63) is 70.8 Å². The Bertz CT molecular complexity index is 1030. The molecular formula is C24H29ClN4O2. The highest BCUT2D eigenvalue weighted by Gasteiger charge is 2.11. The van der Waals surface area contributed by atoms with E-state index >= 15 is 0 Å². The molecule has 3 aromatic rings. The van der Waals surface area contributed by atoms with Gasteiger partial charge in [-0.1, -0.05) is 42.0 Å². The standard InChI is InChI=1S/C24H28N4O2.ClH/c1-5-30-24(29)27-20-10-11-21(28-23(20)25)26-14-18-6-8-19(9-7-18)22-16(3)12-15(2)13-17(22)4;/h6-13H,5,14H2,1-4H3,(H,27,29)(H3,25,26,28);1H. The zero-order valence-electron chi connectivity index (χ0n) is 18.3. The van der Waals surface area contributed by atoms with Crippen molar-refractivity contribution in [1.29, 1.82) is 0 Å². The van der Waals surface area contributed by atoms with E-state index in [1.165, 1.54) is 27.8 Å². The number of anilines is 3. The van der Waals surface area contributed by atoms with Crippen molar-refractivity contribution >= 4 is 23.4 Å². The molecule has 7 heteroatoms. The number of carbonyl (C=O) groups excluding carboxylic acids is 1. The van der Waals surface area contributed by atoms with Crippen LogP contribution in [0.1, 0.15) is 29.2 Å². The Morgan fingerprint density at radius 1 is 1.03 bits per heavy atom. The van der Waals surface area contributed by atoms with E-state index in [1.54, 1.807) is 13.0 Å². The Hall–Kier alpha value is -3.25. The molecule has 0 saturated heterocycles. The van der Waals surface area contributed by atoms with Crippen molar-refractivity contribution in [3.63, 3.8) is 0 Å². The van der Waals surface area contributed by atoms with E-state index in [1.807, 2.05) is 6.07 Å². The quantitative estimate of drug-likeness (QED) is 0.545. The molecule has 0 saturated carbocycles. The van der Waals surface area contributed by atoms with Crippen molar-refractivity contribution in [2.24, 2.45) is 0 Å². The van der Waals surface area contributed by atoms with Crippen LogP contribution in [0, 0.1) is 20.8 Å². The molecule has 0 aliphatic carbocycles. The van der Waals surface area contributed by atoms with Crippen LogP contribution in [0.3, 0.4) is 0 Å². The highest BCUT2D eigenvalue weighted by molar-refractivity contribution is 5.87. The van der Waals surface area contributed by atoms with E-state index in [9.17, 15) is 4.79 Å². The number of amides is 1. The van der Waals surface area contributed by atoms with Crippen LogP contribution in [0.25, 0.3) is 11.1 Å². The number of halogens is 1. The number of pyridine rings is 1. The third kappa shape index (κ3) is 6.12. The number of rotatable bonds is 6. The molecule has 0 aliphatic rings. The van der Waals surface area contributed by atoms with Crippen LogP contribution in [0.15, 0.2) is 48.5 Å². The molecule has 0 spiro atoms. The van der Waals surface area contributed by atoms with E-state index in [4.69, 9.17) is 10.5 Å². The Labute approximate surface area is 189 Å². The molecule has 0 radical (unpaired) electrons. The second-order valence-corrected chi connectivity index (χ2v) is 7.37. The smallest absolute Gasteiger partial charge is 0.411 e. The number of ether oxygens (including phenoxy) is 1. The summed E-state index contributed by atoms with van der Waals surface area (Å²) in [5.74, 6) is 1.12. The largest absolute Gasteiger partial charge is 1.00 e. The van der Waals surface area contributed by atoms with Gasteiger partial charge in [-0.25, -0.2) is 9.78 Å². The molecule has 164 valence electrons. The summed E-state index contributed by atoms with van der Waals surface area (Å²) in [5.41, 5.74) is 14.0. The van der Waals surface area contributed by atoms with E-state index in [0.29, 0.717) is 24.7 Å². The molecule has 1 heterocycles. The number of nitrogens with two attached hydrogens (primary N) is 1. The lowest BCUT2D eigenvalue weighted by atomic mass is 9.93. The second-order valence-electron chi connectivity index (χ2n) is 7.37. The Morgan fingerprint density at radius 2 is 1.68 bits per heavy atom. The number of aryl methyl sites for hydroxylation is 3. The highest BCUT2D eigenvalue weighted by Crippen LogP contribution is 2.28. The number of hydrogen-bond donors (Lipinski definition) is 3. The first kappa shape index (κ1) is 24.0. The lowest BCUT2D eigenvalue weighted by molar-refractivity contribution is -0.342. The third-order valence-electron chi connectivity index (χ3n) is 4.89. The number of nitrogens with one attached hydrogen (secondary N) is 3. The zero-order chi connectivity index (χ0) is 21.7. The first-order valence-corrected chi connectivity index (χ1v) is 10.0. The number of aromatic nitrogens is 1. The topological polar surface area (TPSA) is 90.5 Å². The molecule has 1 amide bonds. The van der Waals surface area contributed by atoms with Crippen molar-refractivity contribution < 1.29 is 26.9 Å². The molecule has 0 aliphatic heterocycles. The molecule has 0 fully saturated rings. The van der Waals surface area contributed by atoms with Gasteiger partial charge in [-0.2, -0.15) is 0 Å². The summed E-state index contributed by atoms with van der Waals surface area (Å²) < 4.78 is 4.86. The summed E-state index contributed by atoms with van der Waals surface area (Å²) in [4.78, 5) is 14.6. The van der Waals surface area contributed by atoms with Crippen molar-refractivity contribution in [2.75, 3.05) is 23.0 Å². The lowest BCUT2D eigenvalue weighted by Crippen LogP contribution is -3.00. The SMILES string of the molecule is CCOC(=O)Nc1ccc(NCc2ccc(-c3c(C)cc(C)cc3C)cc2)[nH+]c1N.[Cl-]. The molecule has 31 heavy (non-hydrogen) atoms. The van der Waals surface area contributed by atoms with Crippen LogP contribution in [0.2, 0.25) is 0 Å². The van der Waals surface area contributed by atoms with Crippen molar-refractivity contribution in [1.82, 2.24) is 0 Å². The van der Waals surface area contributed by atoms with Gasteiger partial charge in [0.1, 0.15) is 5.69 Å². The maximum atomic E-state index is 11.5. The maximum absolute atomic E-state index is 11.5. The predicted molar refractivity (Wildman–Crippen MR) is 121 cm³/mol. The van der Waals surface area contributed by atoms with Crippen LogP contribution in [0.5, 0.6) is 0 Å². The predicted octanol–water partition coefficient (Wildman–Crippen LogP) is 1.86. The van der Waals surface area contributed by atoms with Crippen LogP contribution < -0.4 is 33.8 Å². The lowest BCUT2D eigenvalue weighted by Gasteiger charge is -2.12. The highest BCUT2D eigenvalue weighted by atomic mass is 35.5. The number of hydrogen-bond acceptors (Lipinski definition) is 4. The van der Waals surface area contributed by atoms with E-state index in [2.05, 4.69) is 72.8 Å². The number of nitrogen functional groups attached to an aromatic ring is 1. The minimum absolute atomic E-state index is 0. The molecule has 2 aromatic carbocycles. The maximum Gasteiger partial charge on any atom is 0.411 e. The van der Waals surface area contributed by atoms with E-state index < -0.39 is 6.09 Å². The molecule has 5 N–H and O–H groups in total. The van der Waals surface area contributed by atoms with Crippen molar-refractivity contribution in [3.8, 4) is 11.1 Å². The normalized spacial score (nSPS) is 10.2. The van der Waals surface area contributed by atoms with Gasteiger partial charge in [0.2, 0.25) is 11.6 Å². The van der Waals surface area contributed by atoms with Crippen LogP contribution in [-0.4, -0.2) is 12.7 Å². The van der Waals surface area contributed by atoms with Gasteiger partial charge in [0.25, 0.3) is 0 Å². The Kier molecular flexibility index (Phi) is 8.28. The number of H-pyrrole nitrogens is 1. The van der Waals surface area contributed by atoms with Gasteiger partial charge >= 0.3 is 6.09 Å². The van der Waals surface area contributed by atoms with E-state index in [0.717, 1.165) is 11.4 Å². The summed E-state index contributed by atoms with van der Waals surface area (Å²) in [7, 11) is 0. The number of aromatic amines is 1. The number of benzene rings is 2. The average Bonchev–Trinajstić information content (AvgIpc) is 2.69. The fourth-order valence-corrected chi connectivity index (χ4v) is 3.62. The molecule has 3 rings (SSSR count). The zero-order valence-corrected chi connectivity index (χ0v) is 19.1. The first-order chi connectivity index (χ1) is 14.4. The number of carbonyl (C=O) groups is 1. The van der Waals surface area contributed by atoms with Crippen LogP contribution in [-0.2, 0) is 11.3 Å². The van der Waals surface area contributed by atoms with Gasteiger partial charge in [0.05, 0.1) is 13.2 Å². The summed E-state index contributed by atoms with van der Waals surface area (Å²) in [5, 5.41) is 5.92. The summed E-state index contributed by atoms with van der Waals surface area (Å²) in [6, 6.07) is 16.6. The van der Waals surface area contributed by atoms with Gasteiger partial charge in [-0.15, -0.1) is 0 Å². The molecular weight excluding hydrogens is 412 g/mol. The monoisotopic (exact) mass is 440 g/mol. The molecule has 0 bridgehead atoms. The first-order valence-electron chi connectivity index (χ1n) is 10.0. The van der Waals surface area contributed by atoms with Gasteiger partial charge in [-0.3, -0.25) is 5.32 Å². The van der Waals surface area contributed by atoms with Crippen LogP contribution in [0.4, 0.5) is 22.1 Å². The fraction of sp³-hybridized carbons (Fsp3) is 0.250. The second kappa shape index (κ2) is 10.7. The third-order valence-corrected chi connectivity index (χ3v) is 4.89. The summed E-state index contributed by atoms with van der Waals surface area (Å²) >= 11 is 0. The van der Waals surface area contributed by atoms with Gasteiger partial charge in [0.15, 0.2) is 0 Å². The Balaban J connectivity index is 0.00000341. The van der Waals surface area contributed by atoms with Gasteiger partial charge < -0.3 is 28.2 Å². The van der Waals surface area contributed by atoms with Gasteiger partial charge in [0, 0.05) is 6.07 Å². The fourth-order valence-electron chi connectivity index (χ4n) is 3.62. The molecule has 0 atom stereocenters. The van der Waals surface area contributed by atoms with Crippen LogP contribution >= 0.6 is 0 Å². The van der Waals surface area contributed by atoms with Gasteiger partial charge in [-0.05, 0) is 61.6 Å². The minimum atomic E-state index is -0.530. The average molecular weight is 441 g/mol. The molecule has 1 aromatic heterocycles. The minimum Gasteiger partial charge on any atom is -1.00 e.